The van der Waals surface area contributed by atoms with Crippen molar-refractivity contribution in [2.75, 3.05) is 6.54 Å². The van der Waals surface area contributed by atoms with Gasteiger partial charge in [0.05, 0.1) is 13.1 Å². The third-order valence-corrected chi connectivity index (χ3v) is 6.02. The Kier molecular flexibility index (Phi) is 25.8. The summed E-state index contributed by atoms with van der Waals surface area (Å²) < 4.78 is 2.89. The van der Waals surface area contributed by atoms with E-state index in [9.17, 15) is 39.0 Å². The molecule has 2 heterocycles. The van der Waals surface area contributed by atoms with E-state index in [-0.39, 0.29) is 66.9 Å². The number of nitrogens with one attached hydrogen (secondary N) is 2. The minimum absolute atomic E-state index is 0. The molecule has 7 N–H and O–H groups in total. The van der Waals surface area contributed by atoms with Gasteiger partial charge in [-0.05, 0) is 32.2 Å². The van der Waals surface area contributed by atoms with Crippen molar-refractivity contribution in [3.8, 4) is 0 Å². The van der Waals surface area contributed by atoms with Crippen molar-refractivity contribution in [2.24, 2.45) is 0 Å². The van der Waals surface area contributed by atoms with Crippen molar-refractivity contribution in [1.29, 1.82) is 0 Å². The molecular formula is C27H36N7O13Re-3. The smallest absolute Gasteiger partial charge is 0.326 e. The Balaban J connectivity index is -0.00000324. The van der Waals surface area contributed by atoms with Gasteiger partial charge in [0.1, 0.15) is 36.8 Å². The molecule has 0 bridgehead atoms. The van der Waals surface area contributed by atoms with Crippen LogP contribution in [0.4, 0.5) is 4.79 Å². The first-order chi connectivity index (χ1) is 21.8. The maximum Gasteiger partial charge on any atom is 0.326 e. The van der Waals surface area contributed by atoms with Gasteiger partial charge in [-0.15, -0.1) is 0 Å². The normalized spacial score (nSPS) is 11.0. The fourth-order valence-electron chi connectivity index (χ4n) is 4.00. The van der Waals surface area contributed by atoms with Gasteiger partial charge in [-0.25, -0.2) is 24.4 Å². The fourth-order valence-corrected chi connectivity index (χ4v) is 4.00. The molecule has 0 aromatic carbocycles. The number of nitrogens with zero attached hydrogens (tertiary/aromatic N) is 5. The van der Waals surface area contributed by atoms with Crippen LogP contribution < -0.4 is 10.6 Å². The summed E-state index contributed by atoms with van der Waals surface area (Å²) in [5.41, 5.74) is 0. The monoisotopic (exact) mass is 853 g/mol. The van der Waals surface area contributed by atoms with E-state index in [4.69, 9.17) is 24.9 Å². The first kappa shape index (κ1) is 47.4. The Morgan fingerprint density at radius 2 is 1.12 bits per heavy atom. The Labute approximate surface area is 288 Å². The van der Waals surface area contributed by atoms with E-state index in [1.807, 2.05) is 4.90 Å². The minimum Gasteiger partial charge on any atom is -0.573 e. The zero-order chi connectivity index (χ0) is 35.2. The number of rotatable bonds is 20. The molecule has 0 aliphatic rings. The Bertz CT molecular complexity index is 1250. The molecule has 2 aromatic rings. The number of urea groups is 1. The molecule has 0 saturated heterocycles. The van der Waals surface area contributed by atoms with E-state index in [2.05, 4.69) is 34.2 Å². The molecule has 48 heavy (non-hydrogen) atoms. The molecule has 0 aliphatic carbocycles. The molecule has 2 rings (SSSR count). The average Bonchev–Trinajstić information content (AvgIpc) is 3.62. The topological polar surface area (TPSA) is 301 Å². The molecule has 2 atom stereocenters. The maximum atomic E-state index is 12.2. The SMILES string of the molecule is O=C(O)CC[C@H](NC(=O)N[C@@H](CCCCN(Cc1nccn1CC(=O)O)Cc1nccn1CC(=O)O)C(=O)O)C(=O)O.[C-]=O.[C-]=O.[CH3-].[Re]. The third kappa shape index (κ3) is 18.8. The summed E-state index contributed by atoms with van der Waals surface area (Å²) in [7, 11) is 0. The molecule has 267 valence electrons. The molecule has 0 spiro atoms. The summed E-state index contributed by atoms with van der Waals surface area (Å²) in [5, 5.41) is 50.0. The number of carbonyl (C=O) groups excluding carboxylic acids is 3. The number of hydrogen-bond donors (Lipinski definition) is 7. The van der Waals surface area contributed by atoms with Gasteiger partial charge in [0, 0.05) is 51.6 Å². The van der Waals surface area contributed by atoms with Gasteiger partial charge in [0.2, 0.25) is 0 Å². The number of aromatic nitrogens is 4. The van der Waals surface area contributed by atoms with Gasteiger partial charge < -0.3 is 75.9 Å². The number of hydrogen-bond acceptors (Lipinski definition) is 11. The van der Waals surface area contributed by atoms with Gasteiger partial charge in [0.25, 0.3) is 0 Å². The van der Waals surface area contributed by atoms with E-state index in [1.54, 1.807) is 0 Å². The molecule has 21 heteroatoms. The van der Waals surface area contributed by atoms with Gasteiger partial charge in [-0.3, -0.25) is 19.3 Å². The van der Waals surface area contributed by atoms with E-state index in [0.29, 0.717) is 31.0 Å². The van der Waals surface area contributed by atoms with Crippen molar-refractivity contribution in [1.82, 2.24) is 34.6 Å². The average molecular weight is 853 g/mol. The predicted octanol–water partition coefficient (Wildman–Crippen LogP) is -0.855. The van der Waals surface area contributed by atoms with Gasteiger partial charge >= 0.3 is 35.9 Å². The summed E-state index contributed by atoms with van der Waals surface area (Å²) in [6.45, 7) is 9.06. The molecule has 0 fully saturated rings. The second-order valence-electron chi connectivity index (χ2n) is 9.27. The van der Waals surface area contributed by atoms with E-state index in [0.717, 1.165) is 0 Å². The van der Waals surface area contributed by atoms with Crippen LogP contribution >= 0.6 is 0 Å². The van der Waals surface area contributed by atoms with Crippen LogP contribution in [0.2, 0.25) is 0 Å². The van der Waals surface area contributed by atoms with Crippen LogP contribution in [-0.2, 0) is 80.2 Å². The quantitative estimate of drug-likeness (QED) is 0.0630. The number of amides is 2. The van der Waals surface area contributed by atoms with Gasteiger partial charge in [-0.2, -0.15) is 0 Å². The summed E-state index contributed by atoms with van der Waals surface area (Å²) in [6.07, 6.45) is 5.70. The molecule has 0 unspecified atom stereocenters. The van der Waals surface area contributed by atoms with Crippen LogP contribution in [0.1, 0.15) is 43.8 Å². The predicted molar refractivity (Wildman–Crippen MR) is 157 cm³/mol. The molecule has 2 aromatic heterocycles. The first-order valence-electron chi connectivity index (χ1n) is 13.2. The molecular weight excluding hydrogens is 817 g/mol. The number of unbranched alkanes of at least 4 members (excludes halogenated alkanes) is 1. The third-order valence-electron chi connectivity index (χ3n) is 6.02. The first-order valence-corrected chi connectivity index (χ1v) is 13.2. The van der Waals surface area contributed by atoms with E-state index >= 15 is 0 Å². The second-order valence-corrected chi connectivity index (χ2v) is 9.27. The largest absolute Gasteiger partial charge is 0.573 e. The van der Waals surface area contributed by atoms with Crippen LogP contribution in [-0.4, -0.2) is 118 Å². The molecule has 3 radical (unpaired) electrons. The molecule has 20 nitrogen and oxygen atoms in total. The molecule has 2 amide bonds. The number of imidazole rings is 2. The number of carboxylic acid groups (broad SMARTS) is 5. The van der Waals surface area contributed by atoms with Crippen LogP contribution in [0.3, 0.4) is 0 Å². The molecule has 0 aliphatic heterocycles. The summed E-state index contributed by atoms with van der Waals surface area (Å²) in [5.74, 6) is -5.33. The maximum absolute atomic E-state index is 12.2. The van der Waals surface area contributed by atoms with Gasteiger partial charge in [-0.1, -0.05) is 0 Å². The summed E-state index contributed by atoms with van der Waals surface area (Å²) in [6, 6.07) is -3.96. The Morgan fingerprint density at radius 3 is 1.50 bits per heavy atom. The van der Waals surface area contributed by atoms with Crippen molar-refractivity contribution >= 4 is 49.5 Å². The van der Waals surface area contributed by atoms with E-state index < -0.39 is 54.4 Å². The van der Waals surface area contributed by atoms with Crippen molar-refractivity contribution in [3.05, 3.63) is 43.9 Å². The number of carbonyl (C=O) groups is 6. The number of aliphatic carboxylic acids is 5. The van der Waals surface area contributed by atoms with Crippen LogP contribution in [0.25, 0.3) is 0 Å². The van der Waals surface area contributed by atoms with Crippen molar-refractivity contribution < 1.29 is 84.3 Å². The van der Waals surface area contributed by atoms with Crippen LogP contribution in [0, 0.1) is 7.43 Å². The minimum atomic E-state index is -1.52. The number of carboxylic acids is 5. The Morgan fingerprint density at radius 1 is 0.708 bits per heavy atom. The zero-order valence-corrected chi connectivity index (χ0v) is 28.4. The Hall–Kier alpha value is -5.00. The standard InChI is InChI=1S/C24H33N7O11.2CO.CH3.Re/c32-19(33)5-4-16(23(40)41)28-24(42)27-15(22(38)39)3-1-2-8-29(11-17-25-6-9-30(17)13-20(34)35)12-18-26-7-10-31(18)14-21(36)37;2*1-2;;/h6-7,9-10,15-16H,1-5,8,11-14H2,(H,32,33)(H,34,35)(H,36,37)(H,38,39)(H,40,41)(H2,27,28,42);;;1H3;/q;3*-1;/t15-,16-;;;;/m0..../s1. The summed E-state index contributed by atoms with van der Waals surface area (Å²) >= 11 is 0. The van der Waals surface area contributed by atoms with Crippen LogP contribution in [0.5, 0.6) is 0 Å². The fraction of sp³-hybridized carbons (Fsp3) is 0.444. The van der Waals surface area contributed by atoms with E-state index in [1.165, 1.54) is 33.9 Å². The van der Waals surface area contributed by atoms with Crippen LogP contribution in [0.15, 0.2) is 24.8 Å². The van der Waals surface area contributed by atoms with Gasteiger partial charge in [0.15, 0.2) is 0 Å². The van der Waals surface area contributed by atoms with Crippen molar-refractivity contribution in [3.63, 3.8) is 0 Å². The van der Waals surface area contributed by atoms with Crippen molar-refractivity contribution in [2.45, 2.75) is 70.4 Å². The second kappa shape index (κ2) is 26.1. The molecule has 0 saturated carbocycles. The zero-order valence-electron chi connectivity index (χ0n) is 25.7. The summed E-state index contributed by atoms with van der Waals surface area (Å²) in [4.78, 5) is 93.6.